The molecule has 1 aliphatic rings. The van der Waals surface area contributed by atoms with E-state index in [4.69, 9.17) is 10.2 Å². The van der Waals surface area contributed by atoms with Crippen LogP contribution in [0.5, 0.6) is 0 Å². The lowest BCUT2D eigenvalue weighted by atomic mass is 10.1. The van der Waals surface area contributed by atoms with E-state index in [-0.39, 0.29) is 18.5 Å². The van der Waals surface area contributed by atoms with Crippen molar-refractivity contribution in [3.05, 3.63) is 64.6 Å². The maximum Gasteiger partial charge on any atom is 0.416 e. The number of imidazole rings is 1. The van der Waals surface area contributed by atoms with Gasteiger partial charge in [0.25, 0.3) is 0 Å². The zero-order chi connectivity index (χ0) is 26.3. The van der Waals surface area contributed by atoms with E-state index in [1.807, 2.05) is 29.2 Å². The highest BCUT2D eigenvalue weighted by molar-refractivity contribution is 5.75. The molecule has 1 aliphatic heterocycles. The number of anilines is 1. The van der Waals surface area contributed by atoms with E-state index in [1.54, 1.807) is 10.6 Å². The number of carboxylic acid groups (broad SMARTS) is 2. The molecule has 0 bridgehead atoms. The Morgan fingerprint density at radius 2 is 1.53 bits per heavy atom. The van der Waals surface area contributed by atoms with Crippen LogP contribution in [0.1, 0.15) is 18.4 Å². The molecule has 194 valence electrons. The number of halogens is 3. The molecule has 0 spiro atoms. The SMILES string of the molecule is O=C(O)CCC(=O)O.O=c1[nH]c2ccccc2n1CCN1CCN(c2cccc(C(F)(F)F)c2)CC1. The number of aromatic nitrogens is 2. The number of hydrogen-bond acceptors (Lipinski definition) is 5. The number of fused-ring (bicyclic) bond motifs is 1. The summed E-state index contributed by atoms with van der Waals surface area (Å²) in [5.41, 5.74) is 1.56. The van der Waals surface area contributed by atoms with Crippen molar-refractivity contribution in [1.82, 2.24) is 14.5 Å². The Labute approximate surface area is 204 Å². The average Bonchev–Trinajstić information content (AvgIpc) is 3.16. The van der Waals surface area contributed by atoms with Crippen molar-refractivity contribution < 1.29 is 33.0 Å². The molecule has 0 atom stereocenters. The Hall–Kier alpha value is -3.80. The van der Waals surface area contributed by atoms with Crippen molar-refractivity contribution in [2.75, 3.05) is 37.6 Å². The number of alkyl halides is 3. The average molecular weight is 508 g/mol. The summed E-state index contributed by atoms with van der Waals surface area (Å²) in [4.78, 5) is 38.5. The second-order valence-corrected chi connectivity index (χ2v) is 8.26. The predicted octanol–water partition coefficient (Wildman–Crippen LogP) is 3.11. The number of hydrogen-bond donors (Lipinski definition) is 3. The number of carbonyl (C=O) groups is 2. The number of rotatable bonds is 7. The number of aliphatic carboxylic acids is 2. The van der Waals surface area contributed by atoms with Crippen LogP contribution in [0.3, 0.4) is 0 Å². The highest BCUT2D eigenvalue weighted by atomic mass is 19.4. The molecule has 1 aromatic heterocycles. The van der Waals surface area contributed by atoms with Crippen LogP contribution in [0.15, 0.2) is 53.3 Å². The zero-order valence-electron chi connectivity index (χ0n) is 19.4. The number of piperazine rings is 1. The number of benzene rings is 2. The minimum absolute atomic E-state index is 0.121. The molecule has 1 saturated heterocycles. The standard InChI is InChI=1S/C20H21F3N4O.C4H6O4/c21-20(22,23)15-4-3-5-16(14-15)26-11-8-25(9-12-26)10-13-27-18-7-2-1-6-17(18)24-19(27)28;5-3(6)1-2-4(7)8/h1-7,14H,8-13H2,(H,24,28);1-2H2,(H,5,6)(H,7,8). The summed E-state index contributed by atoms with van der Waals surface area (Å²) in [7, 11) is 0. The first-order valence-electron chi connectivity index (χ1n) is 11.3. The number of carboxylic acids is 2. The van der Waals surface area contributed by atoms with Crippen molar-refractivity contribution in [2.45, 2.75) is 25.6 Å². The summed E-state index contributed by atoms with van der Waals surface area (Å²) in [6.07, 6.45) is -4.92. The summed E-state index contributed by atoms with van der Waals surface area (Å²) in [6, 6.07) is 13.1. The monoisotopic (exact) mass is 508 g/mol. The lowest BCUT2D eigenvalue weighted by Crippen LogP contribution is -2.47. The number of H-pyrrole nitrogens is 1. The molecule has 2 aromatic carbocycles. The molecule has 3 N–H and O–H groups in total. The van der Waals surface area contributed by atoms with Gasteiger partial charge in [0.1, 0.15) is 0 Å². The van der Waals surface area contributed by atoms with Crippen LogP contribution < -0.4 is 10.6 Å². The van der Waals surface area contributed by atoms with Crippen molar-refractivity contribution >= 4 is 28.7 Å². The van der Waals surface area contributed by atoms with Gasteiger partial charge in [-0.1, -0.05) is 18.2 Å². The van der Waals surface area contributed by atoms with Crippen LogP contribution in [-0.2, 0) is 22.3 Å². The number of para-hydroxylation sites is 2. The minimum Gasteiger partial charge on any atom is -0.481 e. The molecule has 4 rings (SSSR count). The quantitative estimate of drug-likeness (QED) is 0.449. The van der Waals surface area contributed by atoms with E-state index in [9.17, 15) is 27.6 Å². The predicted molar refractivity (Wildman–Crippen MR) is 127 cm³/mol. The molecule has 9 nitrogen and oxygen atoms in total. The van der Waals surface area contributed by atoms with Gasteiger partial charge in [-0.05, 0) is 30.3 Å². The third-order valence-electron chi connectivity index (χ3n) is 5.79. The molecule has 2 heterocycles. The summed E-state index contributed by atoms with van der Waals surface area (Å²) in [5.74, 6) is -2.15. The molecule has 3 aromatic rings. The Balaban J connectivity index is 0.000000392. The number of nitrogens with one attached hydrogen (secondary N) is 1. The molecule has 0 aliphatic carbocycles. The molecule has 0 unspecified atom stereocenters. The fourth-order valence-corrected chi connectivity index (χ4v) is 3.89. The summed E-state index contributed by atoms with van der Waals surface area (Å²) < 4.78 is 40.5. The van der Waals surface area contributed by atoms with Gasteiger partial charge in [-0.3, -0.25) is 19.1 Å². The van der Waals surface area contributed by atoms with Crippen molar-refractivity contribution in [3.63, 3.8) is 0 Å². The zero-order valence-corrected chi connectivity index (χ0v) is 19.4. The van der Waals surface area contributed by atoms with Crippen LogP contribution in [0.2, 0.25) is 0 Å². The molecular formula is C24H27F3N4O5. The van der Waals surface area contributed by atoms with Gasteiger partial charge in [0.2, 0.25) is 0 Å². The van der Waals surface area contributed by atoms with Gasteiger partial charge in [0.15, 0.2) is 0 Å². The van der Waals surface area contributed by atoms with Crippen LogP contribution in [0.4, 0.5) is 18.9 Å². The van der Waals surface area contributed by atoms with Gasteiger partial charge in [-0.15, -0.1) is 0 Å². The van der Waals surface area contributed by atoms with E-state index in [0.29, 0.717) is 25.3 Å². The Morgan fingerprint density at radius 3 is 2.14 bits per heavy atom. The molecule has 36 heavy (non-hydrogen) atoms. The third-order valence-corrected chi connectivity index (χ3v) is 5.79. The summed E-state index contributed by atoms with van der Waals surface area (Å²) >= 11 is 0. The Morgan fingerprint density at radius 1 is 0.889 bits per heavy atom. The molecule has 1 fully saturated rings. The van der Waals surface area contributed by atoms with E-state index < -0.39 is 23.7 Å². The van der Waals surface area contributed by atoms with E-state index in [1.165, 1.54) is 12.1 Å². The van der Waals surface area contributed by atoms with Gasteiger partial charge in [-0.25, -0.2) is 4.79 Å². The van der Waals surface area contributed by atoms with Crippen molar-refractivity contribution in [2.24, 2.45) is 0 Å². The largest absolute Gasteiger partial charge is 0.481 e. The lowest BCUT2D eigenvalue weighted by molar-refractivity contribution is -0.143. The van der Waals surface area contributed by atoms with Crippen molar-refractivity contribution in [1.29, 1.82) is 0 Å². The number of aromatic amines is 1. The number of nitrogens with zero attached hydrogens (tertiary/aromatic N) is 3. The summed E-state index contributed by atoms with van der Waals surface area (Å²) in [5, 5.41) is 15.8. The van der Waals surface area contributed by atoms with Gasteiger partial charge < -0.3 is 20.1 Å². The maximum absolute atomic E-state index is 12.9. The first-order chi connectivity index (χ1) is 17.0. The van der Waals surface area contributed by atoms with Gasteiger partial charge in [0.05, 0.1) is 29.4 Å². The van der Waals surface area contributed by atoms with E-state index in [0.717, 1.165) is 36.7 Å². The van der Waals surface area contributed by atoms with E-state index in [2.05, 4.69) is 9.88 Å². The normalized spacial score (nSPS) is 14.4. The highest BCUT2D eigenvalue weighted by Gasteiger charge is 2.31. The topological polar surface area (TPSA) is 119 Å². The minimum atomic E-state index is -4.33. The lowest BCUT2D eigenvalue weighted by Gasteiger charge is -2.36. The molecule has 12 heteroatoms. The van der Waals surface area contributed by atoms with Gasteiger partial charge in [0, 0.05) is 45.0 Å². The summed E-state index contributed by atoms with van der Waals surface area (Å²) in [6.45, 7) is 4.10. The first kappa shape index (κ1) is 26.8. The molecule has 0 amide bonds. The fourth-order valence-electron chi connectivity index (χ4n) is 3.89. The van der Waals surface area contributed by atoms with Crippen LogP contribution in [-0.4, -0.2) is 69.3 Å². The third kappa shape index (κ3) is 7.35. The maximum atomic E-state index is 12.9. The van der Waals surface area contributed by atoms with E-state index >= 15 is 0 Å². The molecular weight excluding hydrogens is 481 g/mol. The first-order valence-corrected chi connectivity index (χ1v) is 11.3. The highest BCUT2D eigenvalue weighted by Crippen LogP contribution is 2.31. The Bertz CT molecular complexity index is 1230. The van der Waals surface area contributed by atoms with Crippen LogP contribution >= 0.6 is 0 Å². The Kier molecular flexibility index (Phi) is 8.75. The molecule has 0 saturated carbocycles. The second kappa shape index (κ2) is 11.8. The van der Waals surface area contributed by atoms with Crippen molar-refractivity contribution in [3.8, 4) is 0 Å². The van der Waals surface area contributed by atoms with Gasteiger partial charge in [-0.2, -0.15) is 13.2 Å². The smallest absolute Gasteiger partial charge is 0.416 e. The van der Waals surface area contributed by atoms with Crippen LogP contribution in [0.25, 0.3) is 11.0 Å². The van der Waals surface area contributed by atoms with Gasteiger partial charge >= 0.3 is 23.8 Å². The molecule has 0 radical (unpaired) electrons. The fraction of sp³-hybridized carbons (Fsp3) is 0.375. The second-order valence-electron chi connectivity index (χ2n) is 8.26. The van der Waals surface area contributed by atoms with Crippen LogP contribution in [0, 0.1) is 0 Å².